The van der Waals surface area contributed by atoms with Gasteiger partial charge in [0.25, 0.3) is 0 Å². The van der Waals surface area contributed by atoms with Crippen molar-refractivity contribution in [2.45, 2.75) is 52.3 Å². The van der Waals surface area contributed by atoms with E-state index in [2.05, 4.69) is 37.1 Å². The van der Waals surface area contributed by atoms with Crippen LogP contribution in [0.1, 0.15) is 39.2 Å². The molecule has 21 heavy (non-hydrogen) atoms. The van der Waals surface area contributed by atoms with E-state index in [1.54, 1.807) is 0 Å². The number of hydrogen-bond acceptors (Lipinski definition) is 3. The molecule has 0 atom stereocenters. The van der Waals surface area contributed by atoms with Gasteiger partial charge in [-0.3, -0.25) is 0 Å². The fourth-order valence-electron chi connectivity index (χ4n) is 2.82. The highest BCUT2D eigenvalue weighted by molar-refractivity contribution is 6.31. The Kier molecular flexibility index (Phi) is 6.34. The van der Waals surface area contributed by atoms with Gasteiger partial charge in [-0.1, -0.05) is 31.5 Å². The number of halogens is 1. The number of nitrogens with one attached hydrogen (secondary N) is 1. The van der Waals surface area contributed by atoms with E-state index >= 15 is 0 Å². The molecule has 1 fully saturated rings. The summed E-state index contributed by atoms with van der Waals surface area (Å²) < 4.78 is 5.73. The smallest absolute Gasteiger partial charge is 0.0608 e. The molecule has 1 N–H and O–H groups in total. The van der Waals surface area contributed by atoms with Crippen molar-refractivity contribution in [1.82, 2.24) is 5.32 Å². The van der Waals surface area contributed by atoms with E-state index in [0.717, 1.165) is 44.1 Å². The lowest BCUT2D eigenvalue weighted by Crippen LogP contribution is -2.38. The van der Waals surface area contributed by atoms with Crippen molar-refractivity contribution < 1.29 is 4.74 Å². The number of hydrogen-bond donors (Lipinski definition) is 1. The maximum absolute atomic E-state index is 6.42. The third-order valence-electron chi connectivity index (χ3n) is 3.97. The number of rotatable bonds is 6. The van der Waals surface area contributed by atoms with Crippen LogP contribution in [0.3, 0.4) is 0 Å². The van der Waals surface area contributed by atoms with Crippen molar-refractivity contribution in [3.05, 3.63) is 28.8 Å². The summed E-state index contributed by atoms with van der Waals surface area (Å²) in [6.45, 7) is 10.1. The van der Waals surface area contributed by atoms with Crippen LogP contribution in [0.25, 0.3) is 0 Å². The molecule has 0 aliphatic carbocycles. The molecular weight excluding hydrogens is 284 g/mol. The second-order valence-electron chi connectivity index (χ2n) is 5.91. The van der Waals surface area contributed by atoms with Crippen LogP contribution in [-0.4, -0.2) is 31.8 Å². The minimum Gasteiger partial charge on any atom is -0.378 e. The standard InChI is InChI=1S/C17H27ClN2O/c1-4-21-14-8-10-20(11-9-14)17-7-5-6-16(18)15(17)12-19-13(2)3/h5-7,13-14,19H,4,8-12H2,1-3H3. The molecule has 0 radical (unpaired) electrons. The second kappa shape index (κ2) is 8.02. The van der Waals surface area contributed by atoms with Crippen molar-refractivity contribution in [2.24, 2.45) is 0 Å². The molecule has 1 aromatic rings. The van der Waals surface area contributed by atoms with E-state index in [1.165, 1.54) is 11.3 Å². The van der Waals surface area contributed by atoms with Gasteiger partial charge in [0.05, 0.1) is 6.10 Å². The van der Waals surface area contributed by atoms with Crippen molar-refractivity contribution in [3.8, 4) is 0 Å². The van der Waals surface area contributed by atoms with Crippen LogP contribution in [0.15, 0.2) is 18.2 Å². The highest BCUT2D eigenvalue weighted by atomic mass is 35.5. The molecule has 0 saturated carbocycles. The van der Waals surface area contributed by atoms with Gasteiger partial charge >= 0.3 is 0 Å². The Morgan fingerprint density at radius 1 is 1.33 bits per heavy atom. The zero-order valence-electron chi connectivity index (χ0n) is 13.4. The third-order valence-corrected chi connectivity index (χ3v) is 4.32. The quantitative estimate of drug-likeness (QED) is 0.864. The summed E-state index contributed by atoms with van der Waals surface area (Å²) >= 11 is 6.42. The predicted octanol–water partition coefficient (Wildman–Crippen LogP) is 3.84. The molecule has 0 bridgehead atoms. The lowest BCUT2D eigenvalue weighted by molar-refractivity contribution is 0.0459. The van der Waals surface area contributed by atoms with Gasteiger partial charge < -0.3 is 15.0 Å². The summed E-state index contributed by atoms with van der Waals surface area (Å²) in [4.78, 5) is 2.44. The zero-order chi connectivity index (χ0) is 15.2. The van der Waals surface area contributed by atoms with Crippen molar-refractivity contribution in [1.29, 1.82) is 0 Å². The van der Waals surface area contributed by atoms with Crippen LogP contribution in [0.5, 0.6) is 0 Å². The summed E-state index contributed by atoms with van der Waals surface area (Å²) in [6.07, 6.45) is 2.61. The molecule has 3 nitrogen and oxygen atoms in total. The first-order chi connectivity index (χ1) is 10.1. The fourth-order valence-corrected chi connectivity index (χ4v) is 3.06. The summed E-state index contributed by atoms with van der Waals surface area (Å²) in [7, 11) is 0. The molecule has 0 unspecified atom stereocenters. The largest absolute Gasteiger partial charge is 0.378 e. The van der Waals surface area contributed by atoms with E-state index in [4.69, 9.17) is 16.3 Å². The monoisotopic (exact) mass is 310 g/mol. The molecule has 1 heterocycles. The van der Waals surface area contributed by atoms with Gasteiger partial charge in [0.2, 0.25) is 0 Å². The summed E-state index contributed by atoms with van der Waals surface area (Å²) in [6, 6.07) is 6.67. The lowest BCUT2D eigenvalue weighted by atomic mass is 10.0. The molecule has 0 spiro atoms. The van der Waals surface area contributed by atoms with Crippen LogP contribution in [0, 0.1) is 0 Å². The first-order valence-corrected chi connectivity index (χ1v) is 8.37. The molecule has 4 heteroatoms. The molecule has 1 aromatic carbocycles. The zero-order valence-corrected chi connectivity index (χ0v) is 14.1. The Labute approximate surface area is 133 Å². The number of ether oxygens (including phenoxy) is 1. The van der Waals surface area contributed by atoms with Crippen LogP contribution in [0.4, 0.5) is 5.69 Å². The summed E-state index contributed by atoms with van der Waals surface area (Å²) in [5.74, 6) is 0. The van der Waals surface area contributed by atoms with Gasteiger partial charge in [0.15, 0.2) is 0 Å². The molecule has 2 rings (SSSR count). The third kappa shape index (κ3) is 4.60. The topological polar surface area (TPSA) is 24.5 Å². The highest BCUT2D eigenvalue weighted by Crippen LogP contribution is 2.30. The minimum absolute atomic E-state index is 0.419. The maximum atomic E-state index is 6.42. The van der Waals surface area contributed by atoms with Gasteiger partial charge in [0, 0.05) is 48.6 Å². The van der Waals surface area contributed by atoms with Crippen LogP contribution in [0.2, 0.25) is 5.02 Å². The van der Waals surface area contributed by atoms with Crippen molar-refractivity contribution >= 4 is 17.3 Å². The molecule has 1 aliphatic heterocycles. The normalized spacial score (nSPS) is 16.7. The van der Waals surface area contributed by atoms with E-state index in [0.29, 0.717) is 12.1 Å². The van der Waals surface area contributed by atoms with Crippen LogP contribution < -0.4 is 10.2 Å². The maximum Gasteiger partial charge on any atom is 0.0608 e. The van der Waals surface area contributed by atoms with E-state index in [-0.39, 0.29) is 0 Å². The van der Waals surface area contributed by atoms with E-state index < -0.39 is 0 Å². The van der Waals surface area contributed by atoms with Crippen LogP contribution in [-0.2, 0) is 11.3 Å². The predicted molar refractivity (Wildman–Crippen MR) is 90.3 cm³/mol. The van der Waals surface area contributed by atoms with Gasteiger partial charge in [-0.05, 0) is 31.9 Å². The van der Waals surface area contributed by atoms with Crippen LogP contribution >= 0.6 is 11.6 Å². The molecule has 118 valence electrons. The van der Waals surface area contributed by atoms with Gasteiger partial charge in [-0.15, -0.1) is 0 Å². The molecule has 0 aromatic heterocycles. The molecular formula is C17H27ClN2O. The van der Waals surface area contributed by atoms with E-state index in [9.17, 15) is 0 Å². The average Bonchev–Trinajstić information content (AvgIpc) is 2.47. The van der Waals surface area contributed by atoms with Gasteiger partial charge in [-0.2, -0.15) is 0 Å². The SMILES string of the molecule is CCOC1CCN(c2cccc(Cl)c2CNC(C)C)CC1. The Balaban J connectivity index is 2.07. The first-order valence-electron chi connectivity index (χ1n) is 7.99. The second-order valence-corrected chi connectivity index (χ2v) is 6.32. The van der Waals surface area contributed by atoms with E-state index in [1.807, 2.05) is 12.1 Å². The Bertz CT molecular complexity index is 442. The average molecular weight is 311 g/mol. The fraction of sp³-hybridized carbons (Fsp3) is 0.647. The molecule has 1 saturated heterocycles. The highest BCUT2D eigenvalue weighted by Gasteiger charge is 2.21. The number of benzene rings is 1. The Hall–Kier alpha value is -0.770. The Morgan fingerprint density at radius 3 is 2.67 bits per heavy atom. The molecule has 1 aliphatic rings. The number of piperidine rings is 1. The first kappa shape index (κ1) is 16.6. The lowest BCUT2D eigenvalue weighted by Gasteiger charge is -2.35. The minimum atomic E-state index is 0.419. The van der Waals surface area contributed by atoms with Crippen molar-refractivity contribution in [3.63, 3.8) is 0 Å². The number of nitrogens with zero attached hydrogens (tertiary/aromatic N) is 1. The van der Waals surface area contributed by atoms with Crippen molar-refractivity contribution in [2.75, 3.05) is 24.6 Å². The Morgan fingerprint density at radius 2 is 2.05 bits per heavy atom. The molecule has 0 amide bonds. The number of anilines is 1. The summed E-state index contributed by atoms with van der Waals surface area (Å²) in [5.41, 5.74) is 2.48. The summed E-state index contributed by atoms with van der Waals surface area (Å²) in [5, 5.41) is 4.33. The van der Waals surface area contributed by atoms with Gasteiger partial charge in [-0.25, -0.2) is 0 Å². The van der Waals surface area contributed by atoms with Gasteiger partial charge in [0.1, 0.15) is 0 Å².